The first-order valence-electron chi connectivity index (χ1n) is 12.8. The number of aliphatic hydroxyl groups is 1. The molecule has 8 atom stereocenters. The van der Waals surface area contributed by atoms with E-state index in [4.69, 9.17) is 4.74 Å². The Morgan fingerprint density at radius 2 is 1.65 bits per heavy atom. The molecule has 3 N–H and O–H groups in total. The molecule has 1 heterocycles. The lowest BCUT2D eigenvalue weighted by Gasteiger charge is -2.62. The number of aliphatic carboxylic acids is 1. The predicted octanol–water partition coefficient (Wildman–Crippen LogP) is 3.17. The van der Waals surface area contributed by atoms with Crippen molar-refractivity contribution >= 4 is 18.0 Å². The van der Waals surface area contributed by atoms with Gasteiger partial charge in [0.25, 0.3) is 0 Å². The van der Waals surface area contributed by atoms with Crippen LogP contribution in [-0.2, 0) is 14.3 Å². The van der Waals surface area contributed by atoms with Crippen LogP contribution < -0.4 is 5.32 Å². The Hall–Kier alpha value is -1.83. The Labute approximate surface area is 201 Å². The lowest BCUT2D eigenvalue weighted by atomic mass is 9.46. The van der Waals surface area contributed by atoms with Gasteiger partial charge in [0.2, 0.25) is 5.91 Å². The van der Waals surface area contributed by atoms with Crippen LogP contribution in [0.15, 0.2) is 0 Å². The zero-order chi connectivity index (χ0) is 25.1. The van der Waals surface area contributed by atoms with Gasteiger partial charge in [-0.15, -0.1) is 0 Å². The molecule has 6 fully saturated rings. The van der Waals surface area contributed by atoms with E-state index < -0.39 is 46.2 Å². The lowest BCUT2D eigenvalue weighted by molar-refractivity contribution is -0.182. The molecule has 4 bridgehead atoms. The highest BCUT2D eigenvalue weighted by Crippen LogP contribution is 2.75. The molecule has 2 amide bonds. The maximum atomic E-state index is 14.2. The van der Waals surface area contributed by atoms with E-state index in [1.165, 1.54) is 4.90 Å². The number of carbonyl (C=O) groups is 3. The largest absolute Gasteiger partial charge is 0.480 e. The summed E-state index contributed by atoms with van der Waals surface area (Å²) in [5.41, 5.74) is -2.78. The average Bonchev–Trinajstić information content (AvgIpc) is 2.91. The molecule has 1 saturated heterocycles. The molecule has 0 radical (unpaired) electrons. The second kappa shape index (κ2) is 6.89. The van der Waals surface area contributed by atoms with E-state index in [9.17, 15) is 24.6 Å². The van der Waals surface area contributed by atoms with Crippen LogP contribution in [0.4, 0.5) is 4.79 Å². The number of carboxylic acids is 1. The van der Waals surface area contributed by atoms with E-state index in [-0.39, 0.29) is 17.2 Å². The molecule has 34 heavy (non-hydrogen) atoms. The quantitative estimate of drug-likeness (QED) is 0.574. The first-order valence-corrected chi connectivity index (χ1v) is 12.8. The Morgan fingerprint density at radius 1 is 1.06 bits per heavy atom. The van der Waals surface area contributed by atoms with Crippen LogP contribution >= 0.6 is 0 Å². The second-order valence-electron chi connectivity index (χ2n) is 13.9. The number of nitrogens with zero attached hydrogens (tertiary/aromatic N) is 1. The number of carbonyl (C=O) groups excluding carboxylic acids is 2. The van der Waals surface area contributed by atoms with Gasteiger partial charge in [0.1, 0.15) is 17.7 Å². The molecule has 1 aliphatic heterocycles. The molecule has 0 spiro atoms. The SMILES string of the molecule is CC(C)(C)OC(=O)NC(C(=O)N1C[C@H]2C(C)(C)[C@]2(C)[C@H]1C(=O)O)C12C[C@@H]3C[C@@H](CC(O)(C3)C1)C2. The number of piperidine rings is 1. The standard InChI is InChI=1S/C26H40N2O6/c1-22(2,3)34-21(32)27-17(25-8-14-7-15(9-25)11-26(33,10-14)13-25)19(29)28-12-16-23(4,5)24(16,6)18(28)20(30)31/h14-18,33H,7-13H2,1-6H3,(H,27,32)(H,30,31)/t14-,15+,16-,17?,18+,24-,25?,26?/m0/s1. The van der Waals surface area contributed by atoms with Crippen molar-refractivity contribution < 1.29 is 29.3 Å². The summed E-state index contributed by atoms with van der Waals surface area (Å²) in [7, 11) is 0. The van der Waals surface area contributed by atoms with Gasteiger partial charge >= 0.3 is 12.1 Å². The van der Waals surface area contributed by atoms with Crippen molar-refractivity contribution in [3.63, 3.8) is 0 Å². The molecule has 190 valence electrons. The number of nitrogens with one attached hydrogen (secondary N) is 1. The first-order chi connectivity index (χ1) is 15.5. The van der Waals surface area contributed by atoms with E-state index in [1.54, 1.807) is 20.8 Å². The number of amides is 2. The number of rotatable bonds is 4. The van der Waals surface area contributed by atoms with Gasteiger partial charge in [0, 0.05) is 17.4 Å². The third-order valence-corrected chi connectivity index (χ3v) is 10.3. The normalized spacial score (nSPS) is 44.4. The van der Waals surface area contributed by atoms with Crippen molar-refractivity contribution in [1.29, 1.82) is 0 Å². The number of carboxylic acid groups (broad SMARTS) is 1. The number of ether oxygens (including phenoxy) is 1. The summed E-state index contributed by atoms with van der Waals surface area (Å²) in [4.78, 5) is 41.1. The van der Waals surface area contributed by atoms with Crippen molar-refractivity contribution in [2.75, 3.05) is 6.54 Å². The van der Waals surface area contributed by atoms with Gasteiger partial charge < -0.3 is 25.2 Å². The molecule has 8 nitrogen and oxygen atoms in total. The van der Waals surface area contributed by atoms with Crippen molar-refractivity contribution in [3.8, 4) is 0 Å². The molecule has 6 rings (SSSR count). The predicted molar refractivity (Wildman–Crippen MR) is 124 cm³/mol. The Bertz CT molecular complexity index is 924. The van der Waals surface area contributed by atoms with Gasteiger partial charge in [0.05, 0.1) is 5.60 Å². The van der Waals surface area contributed by atoms with Crippen LogP contribution in [0.2, 0.25) is 0 Å². The van der Waals surface area contributed by atoms with Crippen LogP contribution in [0.25, 0.3) is 0 Å². The zero-order valence-corrected chi connectivity index (χ0v) is 21.3. The van der Waals surface area contributed by atoms with Crippen LogP contribution in [-0.4, -0.2) is 62.9 Å². The molecule has 5 aliphatic carbocycles. The topological polar surface area (TPSA) is 116 Å². The molecule has 0 aromatic heterocycles. The van der Waals surface area contributed by atoms with Crippen LogP contribution in [0, 0.1) is 34.0 Å². The first kappa shape index (κ1) is 23.9. The number of hydrogen-bond acceptors (Lipinski definition) is 5. The third-order valence-electron chi connectivity index (χ3n) is 10.3. The van der Waals surface area contributed by atoms with E-state index in [0.29, 0.717) is 24.8 Å². The molecular formula is C26H40N2O6. The summed E-state index contributed by atoms with van der Waals surface area (Å²) < 4.78 is 5.53. The summed E-state index contributed by atoms with van der Waals surface area (Å²) in [6.45, 7) is 11.8. The monoisotopic (exact) mass is 476 g/mol. The fraction of sp³-hybridized carbons (Fsp3) is 0.885. The second-order valence-corrected chi connectivity index (χ2v) is 13.9. The highest BCUT2D eigenvalue weighted by molar-refractivity contribution is 5.92. The Morgan fingerprint density at radius 3 is 2.15 bits per heavy atom. The Kier molecular flexibility index (Phi) is 4.84. The van der Waals surface area contributed by atoms with E-state index in [1.807, 2.05) is 6.92 Å². The maximum Gasteiger partial charge on any atom is 0.408 e. The number of hydrogen-bond donors (Lipinski definition) is 3. The molecule has 8 heteroatoms. The van der Waals surface area contributed by atoms with Gasteiger partial charge in [-0.1, -0.05) is 20.8 Å². The van der Waals surface area contributed by atoms with E-state index >= 15 is 0 Å². The van der Waals surface area contributed by atoms with Gasteiger partial charge in [0.15, 0.2) is 0 Å². The minimum Gasteiger partial charge on any atom is -0.480 e. The number of alkyl carbamates (subject to hydrolysis) is 1. The van der Waals surface area contributed by atoms with Crippen molar-refractivity contribution in [2.45, 2.75) is 103 Å². The summed E-state index contributed by atoms with van der Waals surface area (Å²) in [6, 6.07) is -1.84. The van der Waals surface area contributed by atoms with E-state index in [2.05, 4.69) is 19.2 Å². The van der Waals surface area contributed by atoms with Crippen molar-refractivity contribution in [1.82, 2.24) is 10.2 Å². The van der Waals surface area contributed by atoms with Gasteiger partial charge in [-0.3, -0.25) is 4.79 Å². The molecule has 6 aliphatic rings. The summed E-state index contributed by atoms with van der Waals surface area (Å²) >= 11 is 0. The van der Waals surface area contributed by atoms with Crippen molar-refractivity contribution in [2.24, 2.45) is 34.0 Å². The average molecular weight is 477 g/mol. The fourth-order valence-corrected chi connectivity index (χ4v) is 9.02. The molecule has 0 aromatic rings. The fourth-order valence-electron chi connectivity index (χ4n) is 9.02. The van der Waals surface area contributed by atoms with Crippen LogP contribution in [0.3, 0.4) is 0 Å². The number of likely N-dealkylation sites (tertiary alicyclic amines) is 1. The third kappa shape index (κ3) is 3.30. The summed E-state index contributed by atoms with van der Waals surface area (Å²) in [6.07, 6.45) is 3.84. The van der Waals surface area contributed by atoms with Gasteiger partial charge in [-0.2, -0.15) is 0 Å². The highest BCUT2D eigenvalue weighted by atomic mass is 16.6. The minimum atomic E-state index is -0.996. The smallest absolute Gasteiger partial charge is 0.408 e. The lowest BCUT2D eigenvalue weighted by Crippen LogP contribution is -2.67. The summed E-state index contributed by atoms with van der Waals surface area (Å²) in [5, 5.41) is 24.4. The van der Waals surface area contributed by atoms with Crippen molar-refractivity contribution in [3.05, 3.63) is 0 Å². The summed E-state index contributed by atoms with van der Waals surface area (Å²) in [5.74, 6) is -0.591. The highest BCUT2D eigenvalue weighted by Gasteiger charge is 2.79. The van der Waals surface area contributed by atoms with Gasteiger partial charge in [-0.25, -0.2) is 9.59 Å². The maximum absolute atomic E-state index is 14.2. The minimum absolute atomic E-state index is 0.104. The van der Waals surface area contributed by atoms with E-state index in [0.717, 1.165) is 32.1 Å². The van der Waals surface area contributed by atoms with Gasteiger partial charge in [-0.05, 0) is 82.5 Å². The molecule has 0 aromatic carbocycles. The Balaban J connectivity index is 1.49. The van der Waals surface area contributed by atoms with Crippen LogP contribution in [0.1, 0.15) is 80.1 Å². The molecule has 3 unspecified atom stereocenters. The van der Waals surface area contributed by atoms with Crippen LogP contribution in [0.5, 0.6) is 0 Å². The zero-order valence-electron chi connectivity index (χ0n) is 21.3. The number of fused-ring (bicyclic) bond motifs is 1. The molecule has 5 saturated carbocycles. The molecular weight excluding hydrogens is 436 g/mol.